The molecule has 4 rings (SSSR count). The van der Waals surface area contributed by atoms with Gasteiger partial charge in [-0.05, 0) is 38.0 Å². The molecule has 0 N–H and O–H groups in total. The van der Waals surface area contributed by atoms with Gasteiger partial charge in [0.15, 0.2) is 5.75 Å². The maximum atomic E-state index is 12.3. The lowest BCUT2D eigenvalue weighted by Gasteiger charge is -2.23. The lowest BCUT2D eigenvalue weighted by molar-refractivity contribution is 0.286. The van der Waals surface area contributed by atoms with Crippen molar-refractivity contribution in [2.45, 2.75) is 27.3 Å². The third-order valence-corrected chi connectivity index (χ3v) is 4.37. The Morgan fingerprint density at radius 3 is 2.78 bits per heavy atom. The summed E-state index contributed by atoms with van der Waals surface area (Å²) in [6.45, 7) is 7.54. The average molecular weight is 310 g/mol. The second kappa shape index (κ2) is 4.98. The number of hydrogen-bond acceptors (Lipinski definition) is 4. The SMILES string of the molecule is CCOc1cc(C)c2cc3c(C)cc(=O)n4c3c(c2n1)OCC4. The van der Waals surface area contributed by atoms with Crippen molar-refractivity contribution in [1.29, 1.82) is 0 Å². The molecule has 5 heteroatoms. The fraction of sp³-hybridized carbons (Fsp3) is 0.333. The standard InChI is InChI=1S/C18H18N2O3/c1-4-22-14-7-10(2)12-9-13-11(3)8-15(21)20-5-6-23-18(17(13)20)16(12)19-14/h7-9H,4-6H2,1-3H3. The Morgan fingerprint density at radius 2 is 2.00 bits per heavy atom. The van der Waals surface area contributed by atoms with Gasteiger partial charge in [-0.1, -0.05) is 0 Å². The van der Waals surface area contributed by atoms with E-state index >= 15 is 0 Å². The third-order valence-electron chi connectivity index (χ3n) is 4.37. The topological polar surface area (TPSA) is 53.4 Å². The Kier molecular flexibility index (Phi) is 3.04. The van der Waals surface area contributed by atoms with Crippen LogP contribution in [0.4, 0.5) is 0 Å². The van der Waals surface area contributed by atoms with Gasteiger partial charge in [0.25, 0.3) is 5.56 Å². The van der Waals surface area contributed by atoms with Crippen molar-refractivity contribution in [2.24, 2.45) is 0 Å². The summed E-state index contributed by atoms with van der Waals surface area (Å²) in [6.07, 6.45) is 0. The smallest absolute Gasteiger partial charge is 0.251 e. The van der Waals surface area contributed by atoms with Crippen LogP contribution in [0.25, 0.3) is 21.8 Å². The summed E-state index contributed by atoms with van der Waals surface area (Å²) < 4.78 is 13.3. The number of pyridine rings is 2. The van der Waals surface area contributed by atoms with Gasteiger partial charge in [-0.2, -0.15) is 0 Å². The van der Waals surface area contributed by atoms with Crippen molar-refractivity contribution in [3.63, 3.8) is 0 Å². The molecule has 0 radical (unpaired) electrons. The fourth-order valence-electron chi connectivity index (χ4n) is 3.29. The predicted molar refractivity (Wildman–Crippen MR) is 89.6 cm³/mol. The van der Waals surface area contributed by atoms with Crippen LogP contribution in [0.2, 0.25) is 0 Å². The normalized spacial score (nSPS) is 13.3. The number of hydrogen-bond donors (Lipinski definition) is 0. The first-order chi connectivity index (χ1) is 11.1. The van der Waals surface area contributed by atoms with Crippen LogP contribution >= 0.6 is 0 Å². The van der Waals surface area contributed by atoms with Crippen molar-refractivity contribution in [3.8, 4) is 11.6 Å². The second-order valence-corrected chi connectivity index (χ2v) is 5.87. The molecular formula is C18H18N2O3. The van der Waals surface area contributed by atoms with E-state index in [1.807, 2.05) is 26.8 Å². The van der Waals surface area contributed by atoms with Crippen LogP contribution < -0.4 is 15.0 Å². The van der Waals surface area contributed by atoms with Crippen molar-refractivity contribution in [1.82, 2.24) is 9.55 Å². The zero-order chi connectivity index (χ0) is 16.1. The molecule has 0 spiro atoms. The predicted octanol–water partition coefficient (Wildman–Crippen LogP) is 2.96. The zero-order valence-corrected chi connectivity index (χ0v) is 13.5. The van der Waals surface area contributed by atoms with Crippen molar-refractivity contribution >= 4 is 21.8 Å². The lowest BCUT2D eigenvalue weighted by atomic mass is 10.0. The van der Waals surface area contributed by atoms with E-state index < -0.39 is 0 Å². The van der Waals surface area contributed by atoms with E-state index in [2.05, 4.69) is 11.1 Å². The van der Waals surface area contributed by atoms with Gasteiger partial charge in [0, 0.05) is 22.9 Å². The number of fused-ring (bicyclic) bond motifs is 2. The van der Waals surface area contributed by atoms with Gasteiger partial charge < -0.3 is 14.0 Å². The van der Waals surface area contributed by atoms with Gasteiger partial charge in [0.2, 0.25) is 5.88 Å². The summed E-state index contributed by atoms with van der Waals surface area (Å²) in [5.41, 5.74) is 3.66. The lowest BCUT2D eigenvalue weighted by Crippen LogP contribution is -2.27. The van der Waals surface area contributed by atoms with E-state index in [9.17, 15) is 4.79 Å². The Hall–Kier alpha value is -2.56. The van der Waals surface area contributed by atoms with Crippen LogP contribution in [0.3, 0.4) is 0 Å². The van der Waals surface area contributed by atoms with E-state index in [0.717, 1.165) is 32.9 Å². The van der Waals surface area contributed by atoms with Crippen LogP contribution in [0.1, 0.15) is 18.1 Å². The molecule has 5 nitrogen and oxygen atoms in total. The van der Waals surface area contributed by atoms with E-state index in [1.54, 1.807) is 10.6 Å². The molecule has 3 aromatic rings. The third kappa shape index (κ3) is 2.00. The molecule has 3 heterocycles. The molecular weight excluding hydrogens is 292 g/mol. The van der Waals surface area contributed by atoms with E-state index in [1.165, 1.54) is 0 Å². The van der Waals surface area contributed by atoms with Gasteiger partial charge in [-0.25, -0.2) is 4.98 Å². The molecule has 0 saturated heterocycles. The monoisotopic (exact) mass is 310 g/mol. The molecule has 118 valence electrons. The molecule has 0 atom stereocenters. The summed E-state index contributed by atoms with van der Waals surface area (Å²) in [4.78, 5) is 16.9. The summed E-state index contributed by atoms with van der Waals surface area (Å²) in [6, 6.07) is 5.74. The fourth-order valence-corrected chi connectivity index (χ4v) is 3.29. The maximum Gasteiger partial charge on any atom is 0.251 e. The molecule has 23 heavy (non-hydrogen) atoms. The van der Waals surface area contributed by atoms with E-state index in [4.69, 9.17) is 9.47 Å². The van der Waals surface area contributed by atoms with Gasteiger partial charge in [0.05, 0.1) is 18.7 Å². The first kappa shape index (κ1) is 14.1. The van der Waals surface area contributed by atoms with Gasteiger partial charge >= 0.3 is 0 Å². The number of nitrogens with zero attached hydrogens (tertiary/aromatic N) is 2. The highest BCUT2D eigenvalue weighted by molar-refractivity contribution is 6.04. The minimum atomic E-state index is 0.0107. The second-order valence-electron chi connectivity index (χ2n) is 5.87. The molecule has 0 saturated carbocycles. The zero-order valence-electron chi connectivity index (χ0n) is 13.5. The molecule has 1 aliphatic rings. The molecule has 0 aliphatic carbocycles. The summed E-state index contributed by atoms with van der Waals surface area (Å²) in [7, 11) is 0. The molecule has 0 amide bonds. The Bertz CT molecular complexity index is 1000. The number of benzene rings is 1. The molecule has 0 bridgehead atoms. The maximum absolute atomic E-state index is 12.3. The van der Waals surface area contributed by atoms with Crippen LogP contribution in [0.5, 0.6) is 11.6 Å². The van der Waals surface area contributed by atoms with Crippen molar-refractivity contribution in [2.75, 3.05) is 13.2 Å². The minimum absolute atomic E-state index is 0.0107. The van der Waals surface area contributed by atoms with E-state index in [0.29, 0.717) is 31.4 Å². The molecule has 0 unspecified atom stereocenters. The number of rotatable bonds is 2. The highest BCUT2D eigenvalue weighted by atomic mass is 16.5. The van der Waals surface area contributed by atoms with E-state index in [-0.39, 0.29) is 5.56 Å². The Labute approximate surface area is 133 Å². The molecule has 1 aromatic carbocycles. The number of ether oxygens (including phenoxy) is 2. The number of aromatic nitrogens is 2. The molecule has 0 fully saturated rings. The van der Waals surface area contributed by atoms with Crippen LogP contribution in [0, 0.1) is 13.8 Å². The summed E-state index contributed by atoms with van der Waals surface area (Å²) >= 11 is 0. The minimum Gasteiger partial charge on any atom is -0.487 e. The Balaban J connectivity index is 2.21. The Morgan fingerprint density at radius 1 is 1.22 bits per heavy atom. The van der Waals surface area contributed by atoms with Gasteiger partial charge in [-0.3, -0.25) is 4.79 Å². The van der Waals surface area contributed by atoms with Crippen LogP contribution in [0.15, 0.2) is 23.0 Å². The van der Waals surface area contributed by atoms with Gasteiger partial charge in [0.1, 0.15) is 12.1 Å². The van der Waals surface area contributed by atoms with Gasteiger partial charge in [-0.15, -0.1) is 0 Å². The first-order valence-corrected chi connectivity index (χ1v) is 7.84. The van der Waals surface area contributed by atoms with Crippen molar-refractivity contribution < 1.29 is 9.47 Å². The summed E-state index contributed by atoms with van der Waals surface area (Å²) in [5, 5.41) is 2.08. The van der Waals surface area contributed by atoms with Crippen molar-refractivity contribution in [3.05, 3.63) is 39.7 Å². The van der Waals surface area contributed by atoms with Crippen LogP contribution in [-0.4, -0.2) is 22.8 Å². The highest BCUT2D eigenvalue weighted by Gasteiger charge is 2.21. The van der Waals surface area contributed by atoms with Crippen LogP contribution in [-0.2, 0) is 6.54 Å². The quantitative estimate of drug-likeness (QED) is 0.683. The number of aryl methyl sites for hydroxylation is 2. The molecule has 2 aromatic heterocycles. The first-order valence-electron chi connectivity index (χ1n) is 7.84. The largest absolute Gasteiger partial charge is 0.487 e. The average Bonchev–Trinajstić information content (AvgIpc) is 2.53. The highest BCUT2D eigenvalue weighted by Crippen LogP contribution is 2.38. The summed E-state index contributed by atoms with van der Waals surface area (Å²) in [5.74, 6) is 1.28. The molecule has 1 aliphatic heterocycles.